The molecule has 0 aliphatic carbocycles. The summed E-state index contributed by atoms with van der Waals surface area (Å²) in [5.41, 5.74) is 1.66. The Bertz CT molecular complexity index is 356. The van der Waals surface area contributed by atoms with Crippen LogP contribution in [0, 0.1) is 5.82 Å². The van der Waals surface area contributed by atoms with Gasteiger partial charge in [0.1, 0.15) is 0 Å². The van der Waals surface area contributed by atoms with E-state index in [0.717, 1.165) is 0 Å². The molecule has 1 aromatic carbocycles. The van der Waals surface area contributed by atoms with Crippen LogP contribution in [0.1, 0.15) is 11.7 Å². The smallest absolute Gasteiger partial charge is 0.337 e. The van der Waals surface area contributed by atoms with E-state index in [9.17, 15) is 9.18 Å². The average Bonchev–Trinajstić information content (AvgIpc) is 2.17. The fourth-order valence-corrected chi connectivity index (χ4v) is 1.01. The van der Waals surface area contributed by atoms with Gasteiger partial charge in [-0.15, -0.1) is 0 Å². The molecule has 5 nitrogen and oxygen atoms in total. The first-order valence-corrected chi connectivity index (χ1v) is 3.73. The predicted octanol–water partition coefficient (Wildman–Crippen LogP) is 0.229. The molecule has 0 amide bonds. The molecule has 0 saturated carbocycles. The molecule has 5 N–H and O–H groups in total. The van der Waals surface area contributed by atoms with Gasteiger partial charge in [0.05, 0.1) is 5.69 Å². The van der Waals surface area contributed by atoms with Crippen LogP contribution >= 0.6 is 0 Å². The van der Waals surface area contributed by atoms with Crippen LogP contribution in [0.25, 0.3) is 0 Å². The van der Waals surface area contributed by atoms with Gasteiger partial charge in [0.15, 0.2) is 11.9 Å². The average molecular weight is 200 g/mol. The second kappa shape index (κ2) is 4.03. The van der Waals surface area contributed by atoms with E-state index in [1.807, 2.05) is 0 Å². The Morgan fingerprint density at radius 3 is 2.71 bits per heavy atom. The van der Waals surface area contributed by atoms with E-state index < -0.39 is 17.9 Å². The van der Waals surface area contributed by atoms with Gasteiger partial charge in [0, 0.05) is 5.56 Å². The number of aliphatic hydroxyl groups is 1. The summed E-state index contributed by atoms with van der Waals surface area (Å²) in [4.78, 5) is 10.4. The molecule has 0 radical (unpaired) electrons. The summed E-state index contributed by atoms with van der Waals surface area (Å²) in [7, 11) is 0. The number of nitrogens with one attached hydrogen (secondary N) is 1. The number of hydrogen-bond donors (Lipinski definition) is 4. The van der Waals surface area contributed by atoms with E-state index in [-0.39, 0.29) is 11.3 Å². The fraction of sp³-hybridized carbons (Fsp3) is 0.125. The summed E-state index contributed by atoms with van der Waals surface area (Å²) in [6.45, 7) is 0. The van der Waals surface area contributed by atoms with Crippen LogP contribution in [-0.4, -0.2) is 16.2 Å². The number of nitrogen functional groups attached to an aromatic ring is 1. The number of hydrazine groups is 1. The van der Waals surface area contributed by atoms with Gasteiger partial charge in [-0.25, -0.2) is 9.18 Å². The molecule has 14 heavy (non-hydrogen) atoms. The first-order chi connectivity index (χ1) is 6.57. The number of benzene rings is 1. The van der Waals surface area contributed by atoms with E-state index in [1.54, 1.807) is 0 Å². The molecule has 1 aromatic rings. The highest BCUT2D eigenvalue weighted by Crippen LogP contribution is 2.22. The van der Waals surface area contributed by atoms with Crippen molar-refractivity contribution >= 4 is 11.7 Å². The Labute approximate surface area is 78.9 Å². The molecule has 0 spiro atoms. The molecule has 76 valence electrons. The summed E-state index contributed by atoms with van der Waals surface area (Å²) in [6, 6.07) is 3.89. The molecular weight excluding hydrogens is 191 g/mol. The largest absolute Gasteiger partial charge is 0.479 e. The van der Waals surface area contributed by atoms with Crippen molar-refractivity contribution in [2.75, 3.05) is 5.43 Å². The highest BCUT2D eigenvalue weighted by molar-refractivity contribution is 5.74. The van der Waals surface area contributed by atoms with Crippen molar-refractivity contribution in [2.24, 2.45) is 5.84 Å². The molecule has 6 heteroatoms. The van der Waals surface area contributed by atoms with Gasteiger partial charge in [0.2, 0.25) is 0 Å². The maximum Gasteiger partial charge on any atom is 0.337 e. The van der Waals surface area contributed by atoms with Gasteiger partial charge >= 0.3 is 5.97 Å². The van der Waals surface area contributed by atoms with E-state index in [0.29, 0.717) is 0 Å². The third-order valence-electron chi connectivity index (χ3n) is 1.71. The number of anilines is 1. The van der Waals surface area contributed by atoms with E-state index in [2.05, 4.69) is 5.43 Å². The van der Waals surface area contributed by atoms with Crippen LogP contribution < -0.4 is 11.3 Å². The first-order valence-electron chi connectivity index (χ1n) is 3.73. The second-order valence-electron chi connectivity index (χ2n) is 2.59. The Kier molecular flexibility index (Phi) is 3.00. The van der Waals surface area contributed by atoms with E-state index >= 15 is 0 Å². The SMILES string of the molecule is NNc1cccc(C(O)C(=O)O)c1F. The zero-order chi connectivity index (χ0) is 10.7. The lowest BCUT2D eigenvalue weighted by molar-refractivity contribution is -0.147. The van der Waals surface area contributed by atoms with Crippen molar-refractivity contribution in [3.63, 3.8) is 0 Å². The Hall–Kier alpha value is -1.66. The van der Waals surface area contributed by atoms with Crippen LogP contribution in [0.3, 0.4) is 0 Å². The number of rotatable bonds is 3. The van der Waals surface area contributed by atoms with Crippen LogP contribution in [0.5, 0.6) is 0 Å². The van der Waals surface area contributed by atoms with Crippen LogP contribution in [0.15, 0.2) is 18.2 Å². The number of aliphatic hydroxyl groups excluding tert-OH is 1. The van der Waals surface area contributed by atoms with Crippen LogP contribution in [0.4, 0.5) is 10.1 Å². The molecule has 0 fully saturated rings. The maximum absolute atomic E-state index is 13.3. The summed E-state index contributed by atoms with van der Waals surface area (Å²) >= 11 is 0. The molecule has 1 rings (SSSR count). The highest BCUT2D eigenvalue weighted by atomic mass is 19.1. The molecule has 1 unspecified atom stereocenters. The molecule has 0 aliphatic heterocycles. The lowest BCUT2D eigenvalue weighted by Crippen LogP contribution is -2.15. The molecule has 0 heterocycles. The molecule has 0 bridgehead atoms. The minimum absolute atomic E-state index is 0.0669. The van der Waals surface area contributed by atoms with Gasteiger partial charge < -0.3 is 15.6 Å². The van der Waals surface area contributed by atoms with Crippen molar-refractivity contribution in [2.45, 2.75) is 6.10 Å². The molecule has 0 aromatic heterocycles. The lowest BCUT2D eigenvalue weighted by atomic mass is 10.1. The predicted molar refractivity (Wildman–Crippen MR) is 46.8 cm³/mol. The standard InChI is InChI=1S/C8H9FN2O3/c9-6-4(7(12)8(13)14)2-1-3-5(6)11-10/h1-3,7,11-12H,10H2,(H,13,14). The lowest BCUT2D eigenvalue weighted by Gasteiger charge is -2.09. The number of carboxylic acids is 1. The quantitative estimate of drug-likeness (QED) is 0.413. The maximum atomic E-state index is 13.3. The summed E-state index contributed by atoms with van der Waals surface area (Å²) < 4.78 is 13.3. The Balaban J connectivity index is 3.15. The van der Waals surface area contributed by atoms with Gasteiger partial charge in [-0.1, -0.05) is 12.1 Å². The van der Waals surface area contributed by atoms with Gasteiger partial charge in [-0.2, -0.15) is 0 Å². The van der Waals surface area contributed by atoms with Crippen molar-refractivity contribution in [1.82, 2.24) is 0 Å². The minimum Gasteiger partial charge on any atom is -0.479 e. The van der Waals surface area contributed by atoms with Crippen LogP contribution in [0.2, 0.25) is 0 Å². The normalized spacial score (nSPS) is 12.2. The summed E-state index contributed by atoms with van der Waals surface area (Å²) in [6.07, 6.45) is -1.89. The van der Waals surface area contributed by atoms with Gasteiger partial charge in [0.25, 0.3) is 0 Å². The molecular formula is C8H9FN2O3. The van der Waals surface area contributed by atoms with E-state index in [4.69, 9.17) is 16.1 Å². The van der Waals surface area contributed by atoms with Crippen LogP contribution in [-0.2, 0) is 4.79 Å². The number of nitrogens with two attached hydrogens (primary N) is 1. The molecule has 1 atom stereocenters. The number of halogens is 1. The summed E-state index contributed by atoms with van der Waals surface area (Å²) in [5, 5.41) is 17.5. The third kappa shape index (κ3) is 1.81. The number of aliphatic carboxylic acids is 1. The van der Waals surface area contributed by atoms with Gasteiger partial charge in [-0.05, 0) is 6.07 Å². The van der Waals surface area contributed by atoms with E-state index in [1.165, 1.54) is 18.2 Å². The van der Waals surface area contributed by atoms with Crippen molar-refractivity contribution in [1.29, 1.82) is 0 Å². The zero-order valence-corrected chi connectivity index (χ0v) is 7.07. The van der Waals surface area contributed by atoms with Crippen molar-refractivity contribution in [3.8, 4) is 0 Å². The minimum atomic E-state index is -1.89. The monoisotopic (exact) mass is 200 g/mol. The topological polar surface area (TPSA) is 95.6 Å². The Morgan fingerprint density at radius 1 is 1.57 bits per heavy atom. The second-order valence-corrected chi connectivity index (χ2v) is 2.59. The highest BCUT2D eigenvalue weighted by Gasteiger charge is 2.21. The van der Waals surface area contributed by atoms with Crippen molar-refractivity contribution < 1.29 is 19.4 Å². The Morgan fingerprint density at radius 2 is 2.21 bits per heavy atom. The van der Waals surface area contributed by atoms with Crippen molar-refractivity contribution in [3.05, 3.63) is 29.6 Å². The first kappa shape index (κ1) is 10.4. The number of hydrogen-bond acceptors (Lipinski definition) is 4. The molecule has 0 saturated heterocycles. The number of carboxylic acid groups (broad SMARTS) is 1. The summed E-state index contributed by atoms with van der Waals surface area (Å²) in [5.74, 6) is 2.59. The number of carbonyl (C=O) groups is 1. The van der Waals surface area contributed by atoms with Gasteiger partial charge in [-0.3, -0.25) is 5.84 Å². The molecule has 0 aliphatic rings. The third-order valence-corrected chi connectivity index (χ3v) is 1.71. The zero-order valence-electron chi connectivity index (χ0n) is 7.07. The fourth-order valence-electron chi connectivity index (χ4n) is 1.01.